The molecule has 0 bridgehead atoms. The third-order valence-corrected chi connectivity index (χ3v) is 4.80. The maximum Gasteiger partial charge on any atom is 0.295 e. The summed E-state index contributed by atoms with van der Waals surface area (Å²) in [6.45, 7) is 1.30. The van der Waals surface area contributed by atoms with Gasteiger partial charge in [0.1, 0.15) is 17.3 Å². The molecule has 3 rings (SSSR count). The molecule has 0 spiro atoms. The average molecular weight is 408 g/mol. The van der Waals surface area contributed by atoms with Crippen molar-refractivity contribution in [1.29, 1.82) is 0 Å². The van der Waals surface area contributed by atoms with Gasteiger partial charge < -0.3 is 5.32 Å². The fraction of sp³-hybridized carbons (Fsp3) is 0.176. The third-order valence-electron chi connectivity index (χ3n) is 4.05. The molecule has 8 nitrogen and oxygen atoms in total. The van der Waals surface area contributed by atoms with Gasteiger partial charge in [0.2, 0.25) is 5.91 Å². The van der Waals surface area contributed by atoms with Crippen LogP contribution < -0.4 is 16.4 Å². The Bertz CT molecular complexity index is 1130. The largest absolute Gasteiger partial charge is 0.318 e. The van der Waals surface area contributed by atoms with E-state index in [-0.39, 0.29) is 21.3 Å². The van der Waals surface area contributed by atoms with E-state index in [1.807, 2.05) is 18.2 Å². The Kier molecular flexibility index (Phi) is 5.20. The lowest BCUT2D eigenvalue weighted by Gasteiger charge is -2.07. The van der Waals surface area contributed by atoms with Crippen LogP contribution in [-0.2, 0) is 18.4 Å². The summed E-state index contributed by atoms with van der Waals surface area (Å²) < 4.78 is 3.95. The molecule has 3 aromatic rings. The van der Waals surface area contributed by atoms with E-state index in [0.29, 0.717) is 11.4 Å². The van der Waals surface area contributed by atoms with Gasteiger partial charge in [-0.15, -0.1) is 0 Å². The first kappa shape index (κ1) is 18.9. The minimum absolute atomic E-state index is 0.00276. The summed E-state index contributed by atoms with van der Waals surface area (Å²) >= 11 is 11.5. The van der Waals surface area contributed by atoms with E-state index in [1.54, 1.807) is 30.8 Å². The molecular weight excluding hydrogens is 393 g/mol. The van der Waals surface area contributed by atoms with Gasteiger partial charge in [0.05, 0.1) is 22.6 Å². The van der Waals surface area contributed by atoms with E-state index >= 15 is 0 Å². The molecule has 0 saturated heterocycles. The van der Waals surface area contributed by atoms with Crippen molar-refractivity contribution in [2.45, 2.75) is 13.5 Å². The molecular formula is C17H15Cl2N5O3. The molecule has 0 aliphatic rings. The summed E-state index contributed by atoms with van der Waals surface area (Å²) in [7, 11) is 1.71. The van der Waals surface area contributed by atoms with E-state index in [1.165, 1.54) is 10.9 Å². The van der Waals surface area contributed by atoms with Gasteiger partial charge in [-0.3, -0.25) is 19.1 Å². The second-order valence-corrected chi connectivity index (χ2v) is 6.54. The Labute approximate surface area is 163 Å². The highest BCUT2D eigenvalue weighted by molar-refractivity contribution is 6.41. The Balaban J connectivity index is 1.91. The molecule has 0 unspecified atom stereocenters. The molecule has 0 fully saturated rings. The van der Waals surface area contributed by atoms with Crippen molar-refractivity contribution in [3.8, 4) is 5.69 Å². The fourth-order valence-electron chi connectivity index (χ4n) is 2.58. The minimum atomic E-state index is -0.689. The number of benzene rings is 1. The smallest absolute Gasteiger partial charge is 0.295 e. The number of carbonyl (C=O) groups is 1. The molecule has 1 N–H and O–H groups in total. The molecule has 0 atom stereocenters. The highest BCUT2D eigenvalue weighted by atomic mass is 35.5. The van der Waals surface area contributed by atoms with Crippen LogP contribution in [0.4, 0.5) is 5.69 Å². The number of hydrogen-bond acceptors (Lipinski definition) is 4. The number of halogens is 2. The SMILES string of the molecule is Cc1c(NC(=O)Cn2ncc(Cl)c(Cl)c2=O)c(=O)n(-c2ccccc2)n1C. The number of aromatic nitrogens is 4. The van der Waals surface area contributed by atoms with Crippen molar-refractivity contribution < 1.29 is 4.79 Å². The second kappa shape index (κ2) is 7.42. The van der Waals surface area contributed by atoms with Crippen molar-refractivity contribution in [2.24, 2.45) is 7.05 Å². The van der Waals surface area contributed by atoms with Crippen molar-refractivity contribution in [3.63, 3.8) is 0 Å². The molecule has 1 aromatic carbocycles. The van der Waals surface area contributed by atoms with E-state index in [0.717, 1.165) is 4.68 Å². The zero-order valence-electron chi connectivity index (χ0n) is 14.4. The standard InChI is InChI=1S/C17H15Cl2N5O3/c1-10-15(17(27)24(22(10)2)11-6-4-3-5-7-11)21-13(25)9-23-16(26)14(19)12(18)8-20-23/h3-8H,9H2,1-2H3,(H,21,25). The van der Waals surface area contributed by atoms with Crippen LogP contribution in [0.2, 0.25) is 10.0 Å². The summed E-state index contributed by atoms with van der Waals surface area (Å²) in [4.78, 5) is 37.1. The van der Waals surface area contributed by atoms with Crippen LogP contribution >= 0.6 is 23.2 Å². The van der Waals surface area contributed by atoms with Gasteiger partial charge in [0.15, 0.2) is 0 Å². The predicted octanol–water partition coefficient (Wildman–Crippen LogP) is 1.99. The van der Waals surface area contributed by atoms with Crippen molar-refractivity contribution in [3.05, 3.63) is 73.0 Å². The lowest BCUT2D eigenvalue weighted by atomic mass is 10.3. The number of rotatable bonds is 4. The maximum absolute atomic E-state index is 12.8. The first-order chi connectivity index (χ1) is 12.8. The molecule has 0 aliphatic heterocycles. The summed E-state index contributed by atoms with van der Waals surface area (Å²) in [5, 5.41) is 6.11. The van der Waals surface area contributed by atoms with E-state index < -0.39 is 18.0 Å². The molecule has 27 heavy (non-hydrogen) atoms. The van der Waals surface area contributed by atoms with Crippen LogP contribution in [0.3, 0.4) is 0 Å². The molecule has 10 heteroatoms. The number of para-hydroxylation sites is 1. The lowest BCUT2D eigenvalue weighted by Crippen LogP contribution is -2.31. The van der Waals surface area contributed by atoms with Gasteiger partial charge in [0, 0.05) is 7.05 Å². The number of anilines is 1. The van der Waals surface area contributed by atoms with Gasteiger partial charge >= 0.3 is 0 Å². The number of amides is 1. The summed E-state index contributed by atoms with van der Waals surface area (Å²) in [5.74, 6) is -0.589. The molecule has 0 radical (unpaired) electrons. The quantitative estimate of drug-likeness (QED) is 0.715. The molecule has 0 aliphatic carbocycles. The highest BCUT2D eigenvalue weighted by Crippen LogP contribution is 2.15. The lowest BCUT2D eigenvalue weighted by molar-refractivity contribution is -0.117. The average Bonchev–Trinajstić information content (AvgIpc) is 2.86. The molecule has 0 saturated carbocycles. The van der Waals surface area contributed by atoms with Crippen LogP contribution in [-0.4, -0.2) is 25.1 Å². The Morgan fingerprint density at radius 1 is 1.15 bits per heavy atom. The Morgan fingerprint density at radius 2 is 1.81 bits per heavy atom. The monoisotopic (exact) mass is 407 g/mol. The number of hydrogen-bond donors (Lipinski definition) is 1. The Hall–Kier alpha value is -2.84. The van der Waals surface area contributed by atoms with Gasteiger partial charge in [-0.05, 0) is 19.1 Å². The topological polar surface area (TPSA) is 90.9 Å². The highest BCUT2D eigenvalue weighted by Gasteiger charge is 2.19. The van der Waals surface area contributed by atoms with E-state index in [9.17, 15) is 14.4 Å². The van der Waals surface area contributed by atoms with Crippen molar-refractivity contribution in [1.82, 2.24) is 19.1 Å². The second-order valence-electron chi connectivity index (χ2n) is 5.75. The first-order valence-corrected chi connectivity index (χ1v) is 8.62. The first-order valence-electron chi connectivity index (χ1n) is 7.86. The summed E-state index contributed by atoms with van der Waals surface area (Å²) in [5.41, 5.74) is 0.275. The van der Waals surface area contributed by atoms with Crippen LogP contribution in [0.15, 0.2) is 46.1 Å². The number of carbonyl (C=O) groups excluding carboxylic acids is 1. The molecule has 1 amide bonds. The third kappa shape index (κ3) is 3.54. The Morgan fingerprint density at radius 3 is 2.48 bits per heavy atom. The van der Waals surface area contributed by atoms with Crippen molar-refractivity contribution >= 4 is 34.8 Å². The van der Waals surface area contributed by atoms with E-state index in [4.69, 9.17) is 23.2 Å². The van der Waals surface area contributed by atoms with Gasteiger partial charge in [-0.2, -0.15) is 5.10 Å². The van der Waals surface area contributed by atoms with Crippen molar-refractivity contribution in [2.75, 3.05) is 5.32 Å². The number of nitrogens with one attached hydrogen (secondary N) is 1. The minimum Gasteiger partial charge on any atom is -0.318 e. The van der Waals surface area contributed by atoms with Crippen LogP contribution in [0.25, 0.3) is 5.69 Å². The maximum atomic E-state index is 12.8. The summed E-state index contributed by atoms with van der Waals surface area (Å²) in [6.07, 6.45) is 1.18. The summed E-state index contributed by atoms with van der Waals surface area (Å²) in [6, 6.07) is 9.03. The van der Waals surface area contributed by atoms with E-state index in [2.05, 4.69) is 10.4 Å². The molecule has 2 aromatic heterocycles. The van der Waals surface area contributed by atoms with Crippen LogP contribution in [0, 0.1) is 6.92 Å². The van der Waals surface area contributed by atoms with Gasteiger partial charge in [0.25, 0.3) is 11.1 Å². The van der Waals surface area contributed by atoms with Crippen LogP contribution in [0.1, 0.15) is 5.69 Å². The van der Waals surface area contributed by atoms with Crippen LogP contribution in [0.5, 0.6) is 0 Å². The zero-order valence-corrected chi connectivity index (χ0v) is 16.0. The fourth-order valence-corrected chi connectivity index (χ4v) is 2.86. The zero-order chi connectivity index (χ0) is 19.7. The number of nitrogens with zero attached hydrogens (tertiary/aromatic N) is 4. The molecule has 140 valence electrons. The van der Waals surface area contributed by atoms with Gasteiger partial charge in [-0.1, -0.05) is 41.4 Å². The predicted molar refractivity (Wildman–Crippen MR) is 103 cm³/mol. The molecule has 2 heterocycles. The normalized spacial score (nSPS) is 10.8. The van der Waals surface area contributed by atoms with Gasteiger partial charge in [-0.25, -0.2) is 9.36 Å².